The Morgan fingerprint density at radius 1 is 1.35 bits per heavy atom. The predicted octanol–water partition coefficient (Wildman–Crippen LogP) is -0.416. The molecule has 1 unspecified atom stereocenters. The Balaban J connectivity index is 1.81. The van der Waals surface area contributed by atoms with E-state index in [1.54, 1.807) is 18.2 Å². The molecule has 1 aliphatic rings. The number of rotatable bonds is 7. The SMILES string of the molecule is C[C@@](CCn1cnc2cc(C#CC#CC3(C(O)CO)CC3)ccc2c1=O)(C(=O)NO)S(C)(=O)=O. The first kappa shape index (κ1) is 25.4. The largest absolute Gasteiger partial charge is 0.394 e. The first-order chi connectivity index (χ1) is 16.0. The minimum absolute atomic E-state index is 0.114. The van der Waals surface area contributed by atoms with E-state index in [4.69, 9.17) is 10.3 Å². The molecule has 1 aromatic carbocycles. The summed E-state index contributed by atoms with van der Waals surface area (Å²) >= 11 is 0. The van der Waals surface area contributed by atoms with Crippen LogP contribution >= 0.6 is 0 Å². The summed E-state index contributed by atoms with van der Waals surface area (Å²) in [6.45, 7) is 0.715. The standard InChI is InChI=1S/C23H25N3O7S/c1-22(21(30)25-31,34(2,32)33)11-12-26-15-24-18-13-16(6-7-17(18)20(26)29)5-3-4-8-23(9-10-23)19(28)14-27/h6-7,13,15,19,27-28,31H,9-12,14H2,1-2H3,(H,25,30)/t19?,22-/m1/s1. The number of sulfone groups is 1. The number of nitrogens with zero attached hydrogens (tertiary/aromatic N) is 2. The molecule has 1 amide bonds. The van der Waals surface area contributed by atoms with Gasteiger partial charge in [-0.05, 0) is 56.2 Å². The molecule has 1 fully saturated rings. The Labute approximate surface area is 196 Å². The Bertz CT molecular complexity index is 1410. The maximum Gasteiger partial charge on any atom is 0.264 e. The van der Waals surface area contributed by atoms with Crippen molar-refractivity contribution in [1.82, 2.24) is 15.0 Å². The summed E-state index contributed by atoms with van der Waals surface area (Å²) in [4.78, 5) is 29.0. The molecule has 0 spiro atoms. The van der Waals surface area contributed by atoms with Gasteiger partial charge in [-0.2, -0.15) is 0 Å². The molecule has 1 aliphatic carbocycles. The number of benzene rings is 1. The maximum absolute atomic E-state index is 12.8. The Morgan fingerprint density at radius 2 is 2.06 bits per heavy atom. The third-order valence-electron chi connectivity index (χ3n) is 6.24. The highest BCUT2D eigenvalue weighted by atomic mass is 32.2. The first-order valence-electron chi connectivity index (χ1n) is 10.4. The van der Waals surface area contributed by atoms with Gasteiger partial charge < -0.3 is 10.2 Å². The van der Waals surface area contributed by atoms with Crippen LogP contribution in [0.5, 0.6) is 0 Å². The van der Waals surface area contributed by atoms with Gasteiger partial charge in [-0.3, -0.25) is 19.4 Å². The number of amides is 1. The number of hydrogen-bond donors (Lipinski definition) is 4. The number of nitrogens with one attached hydrogen (secondary N) is 1. The topological polar surface area (TPSA) is 159 Å². The van der Waals surface area contributed by atoms with Crippen LogP contribution in [0, 0.1) is 29.1 Å². The van der Waals surface area contributed by atoms with Crippen molar-refractivity contribution in [3.63, 3.8) is 0 Å². The molecular formula is C23H25N3O7S. The average molecular weight is 488 g/mol. The number of carbonyl (C=O) groups excluding carboxylic acids is 1. The van der Waals surface area contributed by atoms with Crippen molar-refractivity contribution in [2.24, 2.45) is 5.41 Å². The first-order valence-corrected chi connectivity index (χ1v) is 12.3. The van der Waals surface area contributed by atoms with Crippen molar-refractivity contribution in [1.29, 1.82) is 0 Å². The van der Waals surface area contributed by atoms with Gasteiger partial charge in [-0.15, -0.1) is 0 Å². The van der Waals surface area contributed by atoms with Gasteiger partial charge in [0.15, 0.2) is 14.6 Å². The van der Waals surface area contributed by atoms with Crippen molar-refractivity contribution < 1.29 is 28.6 Å². The van der Waals surface area contributed by atoms with Crippen molar-refractivity contribution in [2.45, 2.75) is 43.6 Å². The van der Waals surface area contributed by atoms with E-state index in [1.807, 2.05) is 0 Å². The smallest absolute Gasteiger partial charge is 0.264 e. The molecule has 1 aromatic heterocycles. The second kappa shape index (κ2) is 9.57. The lowest BCUT2D eigenvalue weighted by atomic mass is 10.0. The average Bonchev–Trinajstić information content (AvgIpc) is 3.60. The van der Waals surface area contributed by atoms with E-state index in [2.05, 4.69) is 28.7 Å². The van der Waals surface area contributed by atoms with Gasteiger partial charge in [0.2, 0.25) is 0 Å². The highest BCUT2D eigenvalue weighted by molar-refractivity contribution is 7.92. The third kappa shape index (κ3) is 4.98. The molecule has 3 rings (SSSR count). The van der Waals surface area contributed by atoms with E-state index in [0.717, 1.165) is 6.26 Å². The summed E-state index contributed by atoms with van der Waals surface area (Å²) in [5.74, 6) is 10.1. The van der Waals surface area contributed by atoms with E-state index in [9.17, 15) is 23.1 Å². The molecule has 2 aromatic rings. The van der Waals surface area contributed by atoms with E-state index in [-0.39, 0.29) is 25.0 Å². The molecule has 10 nitrogen and oxygen atoms in total. The van der Waals surface area contributed by atoms with Crippen LogP contribution < -0.4 is 11.0 Å². The Kier molecular flexibility index (Phi) is 7.15. The van der Waals surface area contributed by atoms with E-state index in [1.165, 1.54) is 23.3 Å². The summed E-state index contributed by atoms with van der Waals surface area (Å²) in [5.41, 5.74) is 1.33. The zero-order chi connectivity index (χ0) is 25.1. The Hall–Kier alpha value is -3.22. The normalized spacial score (nSPS) is 16.9. The zero-order valence-electron chi connectivity index (χ0n) is 18.7. The fraction of sp³-hybridized carbons (Fsp3) is 0.435. The lowest BCUT2D eigenvalue weighted by molar-refractivity contribution is -0.131. The minimum Gasteiger partial charge on any atom is -0.394 e. The van der Waals surface area contributed by atoms with Crippen LogP contribution in [0.25, 0.3) is 10.9 Å². The fourth-order valence-corrected chi connectivity index (χ4v) is 4.27. The number of aryl methyl sites for hydroxylation is 1. The summed E-state index contributed by atoms with van der Waals surface area (Å²) in [7, 11) is -3.89. The number of aromatic nitrogens is 2. The van der Waals surface area contributed by atoms with Crippen molar-refractivity contribution in [2.75, 3.05) is 12.9 Å². The van der Waals surface area contributed by atoms with Crippen LogP contribution in [0.15, 0.2) is 29.3 Å². The summed E-state index contributed by atoms with van der Waals surface area (Å²) in [6, 6.07) is 4.79. The summed E-state index contributed by atoms with van der Waals surface area (Å²) in [6.07, 6.45) is 2.43. The van der Waals surface area contributed by atoms with Crippen LogP contribution in [-0.2, 0) is 21.2 Å². The van der Waals surface area contributed by atoms with Gasteiger partial charge in [0.25, 0.3) is 11.5 Å². The van der Waals surface area contributed by atoms with Gasteiger partial charge in [-0.1, -0.05) is 11.8 Å². The van der Waals surface area contributed by atoms with Crippen molar-refractivity contribution >= 4 is 26.6 Å². The number of fused-ring (bicyclic) bond motifs is 1. The number of aliphatic hydroxyl groups excluding tert-OH is 2. The molecule has 34 heavy (non-hydrogen) atoms. The molecule has 0 radical (unpaired) electrons. The van der Waals surface area contributed by atoms with Crippen LogP contribution in [0.2, 0.25) is 0 Å². The van der Waals surface area contributed by atoms with Gasteiger partial charge >= 0.3 is 0 Å². The number of aliphatic hydroxyl groups is 2. The highest BCUT2D eigenvalue weighted by Crippen LogP contribution is 2.48. The van der Waals surface area contributed by atoms with Crippen LogP contribution in [0.1, 0.15) is 31.7 Å². The van der Waals surface area contributed by atoms with Crippen LogP contribution in [0.3, 0.4) is 0 Å². The molecule has 1 heterocycles. The molecule has 11 heteroatoms. The van der Waals surface area contributed by atoms with Gasteiger partial charge in [-0.25, -0.2) is 18.9 Å². The van der Waals surface area contributed by atoms with Crippen molar-refractivity contribution in [3.8, 4) is 23.7 Å². The van der Waals surface area contributed by atoms with Crippen LogP contribution in [0.4, 0.5) is 0 Å². The van der Waals surface area contributed by atoms with Crippen LogP contribution in [-0.4, -0.2) is 63.0 Å². The number of carbonyl (C=O) groups is 1. The summed E-state index contributed by atoms with van der Waals surface area (Å²) < 4.78 is 23.5. The van der Waals surface area contributed by atoms with Gasteiger partial charge in [0.05, 0.1) is 35.4 Å². The lowest BCUT2D eigenvalue weighted by Crippen LogP contribution is -2.50. The zero-order valence-corrected chi connectivity index (χ0v) is 19.5. The third-order valence-corrected chi connectivity index (χ3v) is 8.26. The fourth-order valence-electron chi connectivity index (χ4n) is 3.42. The second-order valence-electron chi connectivity index (χ2n) is 8.52. The molecule has 180 valence electrons. The molecule has 2 atom stereocenters. The minimum atomic E-state index is -3.89. The molecule has 0 saturated heterocycles. The predicted molar refractivity (Wildman–Crippen MR) is 123 cm³/mol. The van der Waals surface area contributed by atoms with Gasteiger partial charge in [0, 0.05) is 18.4 Å². The second-order valence-corrected chi connectivity index (χ2v) is 11.0. The molecule has 4 N–H and O–H groups in total. The quantitative estimate of drug-likeness (QED) is 0.233. The molecule has 0 bridgehead atoms. The molecular weight excluding hydrogens is 462 g/mol. The lowest BCUT2D eigenvalue weighted by Gasteiger charge is -2.25. The monoisotopic (exact) mass is 487 g/mol. The Morgan fingerprint density at radius 3 is 2.65 bits per heavy atom. The van der Waals surface area contributed by atoms with Gasteiger partial charge in [0.1, 0.15) is 0 Å². The summed E-state index contributed by atoms with van der Waals surface area (Å²) in [5, 5.41) is 28.1. The molecule has 1 saturated carbocycles. The number of hydroxylamine groups is 1. The molecule has 0 aliphatic heterocycles. The number of hydrogen-bond acceptors (Lipinski definition) is 8. The highest BCUT2D eigenvalue weighted by Gasteiger charge is 2.47. The van der Waals surface area contributed by atoms with E-state index >= 15 is 0 Å². The maximum atomic E-state index is 12.8. The van der Waals surface area contributed by atoms with E-state index in [0.29, 0.717) is 23.9 Å². The van der Waals surface area contributed by atoms with E-state index < -0.39 is 37.6 Å². The van der Waals surface area contributed by atoms with Crippen molar-refractivity contribution in [3.05, 3.63) is 40.4 Å².